The van der Waals surface area contributed by atoms with E-state index in [4.69, 9.17) is 5.73 Å². The predicted molar refractivity (Wildman–Crippen MR) is 148 cm³/mol. The van der Waals surface area contributed by atoms with E-state index in [1.165, 1.54) is 12.1 Å². The minimum absolute atomic E-state index is 0. The van der Waals surface area contributed by atoms with Crippen LogP contribution >= 0.6 is 12.4 Å². The summed E-state index contributed by atoms with van der Waals surface area (Å²) in [7, 11) is 0. The summed E-state index contributed by atoms with van der Waals surface area (Å²) in [6.45, 7) is 6.23. The fraction of sp³-hybridized carbons (Fsp3) is 0.464. The lowest BCUT2D eigenvalue weighted by Crippen LogP contribution is -2.57. The summed E-state index contributed by atoms with van der Waals surface area (Å²) < 4.78 is 0. The van der Waals surface area contributed by atoms with E-state index in [0.29, 0.717) is 19.4 Å². The van der Waals surface area contributed by atoms with Crippen molar-refractivity contribution in [1.29, 1.82) is 0 Å². The number of amides is 3. The fourth-order valence-corrected chi connectivity index (χ4v) is 3.76. The second-order valence-corrected chi connectivity index (χ2v) is 9.26. The van der Waals surface area contributed by atoms with Gasteiger partial charge in [0.05, 0.1) is 6.04 Å². The van der Waals surface area contributed by atoms with Crippen LogP contribution in [0.2, 0.25) is 0 Å². The molecule has 9 heteroatoms. The van der Waals surface area contributed by atoms with E-state index in [-0.39, 0.29) is 36.4 Å². The zero-order chi connectivity index (χ0) is 26.5. The zero-order valence-electron chi connectivity index (χ0n) is 21.9. The topological polar surface area (TPSA) is 134 Å². The molecule has 0 aromatic heterocycles. The van der Waals surface area contributed by atoms with Gasteiger partial charge in [0.15, 0.2) is 0 Å². The zero-order valence-corrected chi connectivity index (χ0v) is 22.7. The summed E-state index contributed by atoms with van der Waals surface area (Å²) in [6.07, 6.45) is 3.11. The molecule has 0 spiro atoms. The minimum Gasteiger partial charge on any atom is -0.508 e. The van der Waals surface area contributed by atoms with E-state index in [9.17, 15) is 19.5 Å². The first kappa shape index (κ1) is 31.9. The van der Waals surface area contributed by atoms with Gasteiger partial charge in [0, 0.05) is 13.0 Å². The molecule has 0 saturated heterocycles. The Bertz CT molecular complexity index is 972. The molecule has 0 aliphatic carbocycles. The third-order valence-electron chi connectivity index (χ3n) is 6.32. The highest BCUT2D eigenvalue weighted by atomic mass is 35.5. The lowest BCUT2D eigenvalue weighted by Gasteiger charge is -2.27. The van der Waals surface area contributed by atoms with Gasteiger partial charge in [-0.1, -0.05) is 82.5 Å². The third-order valence-corrected chi connectivity index (χ3v) is 6.32. The van der Waals surface area contributed by atoms with Crippen molar-refractivity contribution in [3.63, 3.8) is 0 Å². The molecule has 204 valence electrons. The Balaban J connectivity index is 0.00000684. The largest absolute Gasteiger partial charge is 0.508 e. The first-order chi connectivity index (χ1) is 17.2. The quantitative estimate of drug-likeness (QED) is 0.255. The number of phenols is 1. The third kappa shape index (κ3) is 10.8. The molecule has 0 radical (unpaired) electrons. The van der Waals surface area contributed by atoms with Crippen LogP contribution in [0.5, 0.6) is 5.75 Å². The minimum atomic E-state index is -0.928. The number of aromatic hydroxyl groups is 1. The predicted octanol–water partition coefficient (Wildman–Crippen LogP) is 3.21. The highest BCUT2D eigenvalue weighted by Crippen LogP contribution is 2.13. The molecule has 2 aromatic carbocycles. The van der Waals surface area contributed by atoms with E-state index in [2.05, 4.69) is 16.0 Å². The number of nitrogens with two attached hydrogens (primary N) is 1. The Morgan fingerprint density at radius 2 is 1.54 bits per heavy atom. The maximum Gasteiger partial charge on any atom is 0.243 e. The van der Waals surface area contributed by atoms with E-state index < -0.39 is 29.9 Å². The van der Waals surface area contributed by atoms with Crippen LogP contribution in [0, 0.1) is 5.92 Å². The van der Waals surface area contributed by atoms with Crippen LogP contribution < -0.4 is 21.7 Å². The van der Waals surface area contributed by atoms with E-state index in [1.807, 2.05) is 51.1 Å². The smallest absolute Gasteiger partial charge is 0.243 e. The molecular formula is C28H41ClN4O4. The van der Waals surface area contributed by atoms with Crippen LogP contribution in [0.15, 0.2) is 54.6 Å². The molecular weight excluding hydrogens is 492 g/mol. The van der Waals surface area contributed by atoms with Gasteiger partial charge < -0.3 is 26.8 Å². The van der Waals surface area contributed by atoms with Gasteiger partial charge in [-0.15, -0.1) is 12.4 Å². The van der Waals surface area contributed by atoms with Crippen molar-refractivity contribution < 1.29 is 19.5 Å². The van der Waals surface area contributed by atoms with Gasteiger partial charge in [-0.25, -0.2) is 0 Å². The molecule has 6 N–H and O–H groups in total. The number of halogens is 1. The maximum atomic E-state index is 13.4. The van der Waals surface area contributed by atoms with Gasteiger partial charge in [0.2, 0.25) is 17.7 Å². The first-order valence-corrected chi connectivity index (χ1v) is 12.7. The number of phenolic OH excluding ortho intramolecular Hbond substituents is 1. The second kappa shape index (κ2) is 16.6. The Hall–Kier alpha value is -3.10. The van der Waals surface area contributed by atoms with Crippen LogP contribution in [0.1, 0.15) is 57.6 Å². The number of unbranched alkanes of at least 4 members (excludes halogenated alkanes) is 1. The first-order valence-electron chi connectivity index (χ1n) is 12.7. The van der Waals surface area contributed by atoms with Crippen molar-refractivity contribution in [1.82, 2.24) is 16.0 Å². The van der Waals surface area contributed by atoms with Crippen molar-refractivity contribution >= 4 is 30.1 Å². The molecule has 4 atom stereocenters. The standard InChI is InChI=1S/C28H40N4O4.ClH/c1-4-6-12-23(29)26(34)31-24(17-20-13-15-22(33)16-14-20)27(35)32-25(19(3)5-2)28(36)30-18-21-10-8-7-9-11-21;/h7-11,13-16,19,23-25,33H,4-6,12,17-18,29H2,1-3H3,(H,30,36)(H,31,34)(H,32,35);1H/t19?,23-,24-,25-;/m0./s1. The molecule has 0 bridgehead atoms. The summed E-state index contributed by atoms with van der Waals surface area (Å²) in [5.74, 6) is -1.16. The fourth-order valence-electron chi connectivity index (χ4n) is 3.76. The molecule has 0 heterocycles. The highest BCUT2D eigenvalue weighted by Gasteiger charge is 2.30. The SMILES string of the molecule is CCCC[C@H](N)C(=O)N[C@@H](Cc1ccc(O)cc1)C(=O)N[C@H](C(=O)NCc1ccccc1)C(C)CC.Cl. The number of rotatable bonds is 14. The summed E-state index contributed by atoms with van der Waals surface area (Å²) in [5, 5.41) is 18.1. The molecule has 1 unspecified atom stereocenters. The molecule has 2 aromatic rings. The van der Waals surface area contributed by atoms with Gasteiger partial charge in [-0.3, -0.25) is 14.4 Å². The number of hydrogen-bond acceptors (Lipinski definition) is 5. The van der Waals surface area contributed by atoms with Crippen molar-refractivity contribution in [3.8, 4) is 5.75 Å². The van der Waals surface area contributed by atoms with Crippen molar-refractivity contribution in [2.45, 2.75) is 77.5 Å². The van der Waals surface area contributed by atoms with Crippen LogP contribution in [-0.2, 0) is 27.3 Å². The Morgan fingerprint density at radius 1 is 0.892 bits per heavy atom. The summed E-state index contributed by atoms with van der Waals surface area (Å²) in [5.41, 5.74) is 7.75. The van der Waals surface area contributed by atoms with Crippen molar-refractivity contribution in [2.24, 2.45) is 11.7 Å². The number of carbonyl (C=O) groups excluding carboxylic acids is 3. The Labute approximate surface area is 226 Å². The molecule has 0 aliphatic rings. The Kier molecular flexibility index (Phi) is 14.3. The van der Waals surface area contributed by atoms with Gasteiger partial charge in [-0.05, 0) is 35.6 Å². The van der Waals surface area contributed by atoms with E-state index in [0.717, 1.165) is 24.0 Å². The molecule has 37 heavy (non-hydrogen) atoms. The van der Waals surface area contributed by atoms with Gasteiger partial charge in [0.25, 0.3) is 0 Å². The molecule has 3 amide bonds. The molecule has 0 aliphatic heterocycles. The lowest BCUT2D eigenvalue weighted by atomic mass is 9.97. The summed E-state index contributed by atoms with van der Waals surface area (Å²) in [4.78, 5) is 39.2. The average molecular weight is 533 g/mol. The van der Waals surface area contributed by atoms with Crippen LogP contribution in [-0.4, -0.2) is 41.0 Å². The highest BCUT2D eigenvalue weighted by molar-refractivity contribution is 5.93. The van der Waals surface area contributed by atoms with E-state index >= 15 is 0 Å². The molecule has 0 saturated carbocycles. The van der Waals surface area contributed by atoms with Crippen molar-refractivity contribution in [2.75, 3.05) is 0 Å². The maximum absolute atomic E-state index is 13.4. The number of nitrogens with one attached hydrogen (secondary N) is 3. The number of benzene rings is 2. The van der Waals surface area contributed by atoms with E-state index in [1.54, 1.807) is 12.1 Å². The average Bonchev–Trinajstić information content (AvgIpc) is 2.89. The van der Waals surface area contributed by atoms with Gasteiger partial charge in [-0.2, -0.15) is 0 Å². The monoisotopic (exact) mass is 532 g/mol. The molecule has 8 nitrogen and oxygen atoms in total. The number of carbonyl (C=O) groups is 3. The van der Waals surface area contributed by atoms with Gasteiger partial charge >= 0.3 is 0 Å². The van der Waals surface area contributed by atoms with Crippen molar-refractivity contribution in [3.05, 3.63) is 65.7 Å². The van der Waals surface area contributed by atoms with Crippen LogP contribution in [0.4, 0.5) is 0 Å². The molecule has 0 fully saturated rings. The Morgan fingerprint density at radius 3 is 2.14 bits per heavy atom. The van der Waals surface area contributed by atoms with Crippen LogP contribution in [0.3, 0.4) is 0 Å². The summed E-state index contributed by atoms with van der Waals surface area (Å²) in [6, 6.07) is 13.6. The van der Waals surface area contributed by atoms with Crippen LogP contribution in [0.25, 0.3) is 0 Å². The lowest BCUT2D eigenvalue weighted by molar-refractivity contribution is -0.133. The second-order valence-electron chi connectivity index (χ2n) is 9.26. The van der Waals surface area contributed by atoms with Gasteiger partial charge in [0.1, 0.15) is 17.8 Å². The summed E-state index contributed by atoms with van der Waals surface area (Å²) >= 11 is 0. The molecule has 2 rings (SSSR count). The normalized spacial score (nSPS) is 13.8. The number of hydrogen-bond donors (Lipinski definition) is 5.